The van der Waals surface area contributed by atoms with Crippen molar-refractivity contribution in [2.75, 3.05) is 13.7 Å². The molecule has 1 rings (SSSR count). The first-order valence-electron chi connectivity index (χ1n) is 8.04. The summed E-state index contributed by atoms with van der Waals surface area (Å²) in [6.45, 7) is 14.9. The quantitative estimate of drug-likeness (QED) is 0.629. The van der Waals surface area contributed by atoms with Crippen LogP contribution in [0.4, 0.5) is 0 Å². The highest BCUT2D eigenvalue weighted by molar-refractivity contribution is 6.74. The molecule has 4 heteroatoms. The van der Waals surface area contributed by atoms with Crippen LogP contribution in [0, 0.1) is 0 Å². The normalized spacial score (nSPS) is 14.0. The van der Waals surface area contributed by atoms with Crippen LogP contribution in [-0.2, 0) is 15.8 Å². The first-order chi connectivity index (χ1) is 10.2. The Hall–Kier alpha value is -0.843. The molecule has 0 aliphatic heterocycles. The van der Waals surface area contributed by atoms with Crippen molar-refractivity contribution in [2.24, 2.45) is 0 Å². The van der Waals surface area contributed by atoms with Crippen LogP contribution in [0.15, 0.2) is 24.3 Å². The number of benzene rings is 1. The highest BCUT2D eigenvalue weighted by atomic mass is 28.4. The third-order valence-corrected chi connectivity index (χ3v) is 9.03. The van der Waals surface area contributed by atoms with Crippen LogP contribution in [-0.4, -0.2) is 28.1 Å². The zero-order valence-corrected chi connectivity index (χ0v) is 16.2. The SMILES string of the molecule is COc1ccc(COC(C)CCO[Si](C)(C)C(C)(C)C)cc1. The molecule has 0 saturated carbocycles. The van der Waals surface area contributed by atoms with E-state index in [4.69, 9.17) is 13.9 Å². The van der Waals surface area contributed by atoms with E-state index in [0.29, 0.717) is 6.61 Å². The summed E-state index contributed by atoms with van der Waals surface area (Å²) in [7, 11) is 0.0379. The van der Waals surface area contributed by atoms with E-state index in [2.05, 4.69) is 40.8 Å². The monoisotopic (exact) mass is 324 g/mol. The minimum atomic E-state index is -1.64. The standard InChI is InChI=1S/C18H32O3Si/c1-15(12-13-21-22(6,7)18(2,3)4)20-14-16-8-10-17(19-5)11-9-16/h8-11,15H,12-14H2,1-7H3. The molecule has 0 aliphatic rings. The molecule has 0 saturated heterocycles. The second-order valence-corrected chi connectivity index (χ2v) is 12.2. The van der Waals surface area contributed by atoms with Gasteiger partial charge in [-0.2, -0.15) is 0 Å². The number of hydrogen-bond donors (Lipinski definition) is 0. The van der Waals surface area contributed by atoms with Crippen molar-refractivity contribution in [3.8, 4) is 5.75 Å². The molecule has 0 amide bonds. The van der Waals surface area contributed by atoms with Crippen LogP contribution in [0.3, 0.4) is 0 Å². The van der Waals surface area contributed by atoms with Gasteiger partial charge in [0.1, 0.15) is 5.75 Å². The lowest BCUT2D eigenvalue weighted by atomic mass is 10.2. The summed E-state index contributed by atoms with van der Waals surface area (Å²) in [5.41, 5.74) is 1.16. The lowest BCUT2D eigenvalue weighted by molar-refractivity contribution is 0.0374. The molecule has 0 spiro atoms. The van der Waals surface area contributed by atoms with Crippen molar-refractivity contribution in [1.29, 1.82) is 0 Å². The fourth-order valence-electron chi connectivity index (χ4n) is 1.74. The molecular weight excluding hydrogens is 292 g/mol. The molecule has 0 aliphatic carbocycles. The molecule has 1 unspecified atom stereocenters. The Labute approximate surface area is 137 Å². The zero-order chi connectivity index (χ0) is 16.8. The summed E-state index contributed by atoms with van der Waals surface area (Å²) in [6, 6.07) is 8.00. The Balaban J connectivity index is 2.30. The Bertz CT molecular complexity index is 435. The lowest BCUT2D eigenvalue weighted by Gasteiger charge is -2.36. The van der Waals surface area contributed by atoms with Crippen molar-refractivity contribution in [3.63, 3.8) is 0 Å². The summed E-state index contributed by atoms with van der Waals surface area (Å²) in [5.74, 6) is 0.875. The van der Waals surface area contributed by atoms with Crippen LogP contribution in [0.1, 0.15) is 39.7 Å². The molecule has 1 aromatic rings. The third-order valence-electron chi connectivity index (χ3n) is 4.49. The Kier molecular flexibility index (Phi) is 7.10. The fraction of sp³-hybridized carbons (Fsp3) is 0.667. The van der Waals surface area contributed by atoms with E-state index < -0.39 is 8.32 Å². The van der Waals surface area contributed by atoms with Crippen molar-refractivity contribution in [1.82, 2.24) is 0 Å². The fourth-order valence-corrected chi connectivity index (χ4v) is 2.80. The van der Waals surface area contributed by atoms with E-state index in [1.165, 1.54) is 0 Å². The van der Waals surface area contributed by atoms with Crippen molar-refractivity contribution >= 4 is 8.32 Å². The predicted octanol–water partition coefficient (Wildman–Crippen LogP) is 5.01. The molecule has 0 fully saturated rings. The Morgan fingerprint density at radius 2 is 1.68 bits per heavy atom. The van der Waals surface area contributed by atoms with Gasteiger partial charge in [-0.15, -0.1) is 0 Å². The highest BCUT2D eigenvalue weighted by Crippen LogP contribution is 2.36. The van der Waals surface area contributed by atoms with E-state index in [1.807, 2.05) is 24.3 Å². The van der Waals surface area contributed by atoms with Crippen molar-refractivity contribution < 1.29 is 13.9 Å². The summed E-state index contributed by atoms with van der Waals surface area (Å²) in [5, 5.41) is 0.264. The first-order valence-corrected chi connectivity index (χ1v) is 10.9. The average molecular weight is 325 g/mol. The van der Waals surface area contributed by atoms with Gasteiger partial charge in [0.15, 0.2) is 8.32 Å². The molecule has 0 heterocycles. The Morgan fingerprint density at radius 3 is 2.18 bits per heavy atom. The molecule has 0 aromatic heterocycles. The maximum atomic E-state index is 6.19. The smallest absolute Gasteiger partial charge is 0.191 e. The van der Waals surface area contributed by atoms with Crippen LogP contribution < -0.4 is 4.74 Å². The average Bonchev–Trinajstić information content (AvgIpc) is 2.44. The van der Waals surface area contributed by atoms with Gasteiger partial charge in [-0.25, -0.2) is 0 Å². The van der Waals surface area contributed by atoms with Gasteiger partial charge in [0, 0.05) is 6.61 Å². The number of hydrogen-bond acceptors (Lipinski definition) is 3. The summed E-state index contributed by atoms with van der Waals surface area (Å²) >= 11 is 0. The minimum absolute atomic E-state index is 0.201. The van der Waals surface area contributed by atoms with Crippen LogP contribution >= 0.6 is 0 Å². The third kappa shape index (κ3) is 6.11. The second-order valence-electron chi connectivity index (χ2n) is 7.37. The number of rotatable bonds is 8. The maximum Gasteiger partial charge on any atom is 0.191 e. The maximum absolute atomic E-state index is 6.19. The van der Waals surface area contributed by atoms with Crippen LogP contribution in [0.25, 0.3) is 0 Å². The molecule has 1 atom stereocenters. The first kappa shape index (κ1) is 19.2. The molecule has 3 nitrogen and oxygen atoms in total. The van der Waals surface area contributed by atoms with Gasteiger partial charge in [-0.1, -0.05) is 32.9 Å². The van der Waals surface area contributed by atoms with Crippen molar-refractivity contribution in [3.05, 3.63) is 29.8 Å². The van der Waals surface area contributed by atoms with E-state index >= 15 is 0 Å². The van der Waals surface area contributed by atoms with E-state index in [1.54, 1.807) is 7.11 Å². The molecule has 0 bridgehead atoms. The highest BCUT2D eigenvalue weighted by Gasteiger charge is 2.36. The van der Waals surface area contributed by atoms with Crippen molar-refractivity contribution in [2.45, 2.75) is 65.0 Å². The van der Waals surface area contributed by atoms with Gasteiger partial charge in [0.05, 0.1) is 19.8 Å². The molecule has 1 aromatic carbocycles. The van der Waals surface area contributed by atoms with Gasteiger partial charge in [0.2, 0.25) is 0 Å². The number of methoxy groups -OCH3 is 1. The topological polar surface area (TPSA) is 27.7 Å². The van der Waals surface area contributed by atoms with E-state index in [-0.39, 0.29) is 11.1 Å². The van der Waals surface area contributed by atoms with Gasteiger partial charge in [0.25, 0.3) is 0 Å². The van der Waals surface area contributed by atoms with E-state index in [0.717, 1.165) is 24.3 Å². The molecule has 22 heavy (non-hydrogen) atoms. The predicted molar refractivity (Wildman–Crippen MR) is 95.0 cm³/mol. The molecule has 126 valence electrons. The summed E-state index contributed by atoms with van der Waals surface area (Å²) in [6.07, 6.45) is 1.13. The van der Waals surface area contributed by atoms with Gasteiger partial charge in [-0.3, -0.25) is 0 Å². The van der Waals surface area contributed by atoms with Gasteiger partial charge in [-0.05, 0) is 49.2 Å². The summed E-state index contributed by atoms with van der Waals surface area (Å²) < 4.78 is 17.2. The largest absolute Gasteiger partial charge is 0.497 e. The zero-order valence-electron chi connectivity index (χ0n) is 15.2. The van der Waals surface area contributed by atoms with Gasteiger partial charge < -0.3 is 13.9 Å². The second kappa shape index (κ2) is 8.13. The van der Waals surface area contributed by atoms with Crippen LogP contribution in [0.5, 0.6) is 5.75 Å². The Morgan fingerprint density at radius 1 is 1.09 bits per heavy atom. The van der Waals surface area contributed by atoms with Gasteiger partial charge >= 0.3 is 0 Å². The molecule has 0 radical (unpaired) electrons. The van der Waals surface area contributed by atoms with Crippen LogP contribution in [0.2, 0.25) is 18.1 Å². The number of ether oxygens (including phenoxy) is 2. The molecular formula is C18H32O3Si. The molecule has 0 N–H and O–H groups in total. The lowest BCUT2D eigenvalue weighted by Crippen LogP contribution is -2.41. The van der Waals surface area contributed by atoms with E-state index in [9.17, 15) is 0 Å². The minimum Gasteiger partial charge on any atom is -0.497 e. The summed E-state index contributed by atoms with van der Waals surface area (Å²) in [4.78, 5) is 0.